The minimum atomic E-state index is 0.512. The van der Waals surface area contributed by atoms with E-state index in [0.29, 0.717) is 17.6 Å². The highest BCUT2D eigenvalue weighted by Crippen LogP contribution is 2.15. The highest BCUT2D eigenvalue weighted by molar-refractivity contribution is 6.25. The number of ether oxygens (including phenoxy) is 1. The molecule has 0 aliphatic carbocycles. The Balaban J connectivity index is 2.53. The lowest BCUT2D eigenvalue weighted by molar-refractivity contribution is 0.411. The minimum absolute atomic E-state index is 0.512. The number of unbranched alkanes of at least 4 members (excludes halogenated alkanes) is 3. The van der Waals surface area contributed by atoms with Crippen molar-refractivity contribution in [3.63, 3.8) is 0 Å². The van der Waals surface area contributed by atoms with Gasteiger partial charge in [-0.05, 0) is 20.3 Å². The Bertz CT molecular complexity index is 421. The number of nitrogens with one attached hydrogen (secondary N) is 1. The molecular weight excluding hydrogens is 262 g/mol. The van der Waals surface area contributed by atoms with E-state index in [0.717, 1.165) is 18.7 Å². The third-order valence-corrected chi connectivity index (χ3v) is 2.87. The quantitative estimate of drug-likeness (QED) is 0.572. The highest BCUT2D eigenvalue weighted by Gasteiger charge is 2.03. The van der Waals surface area contributed by atoms with E-state index in [2.05, 4.69) is 22.2 Å². The molecule has 0 fully saturated rings. The summed E-state index contributed by atoms with van der Waals surface area (Å²) in [5, 5.41) is 3.22. The fourth-order valence-electron chi connectivity index (χ4n) is 1.61. The van der Waals surface area contributed by atoms with E-state index in [1.54, 1.807) is 13.0 Å². The molecule has 1 aromatic heterocycles. The van der Waals surface area contributed by atoms with Crippen LogP contribution in [0.2, 0.25) is 0 Å². The van der Waals surface area contributed by atoms with Gasteiger partial charge < -0.3 is 10.1 Å². The lowest BCUT2D eigenvalue weighted by atomic mass is 10.2. The summed E-state index contributed by atoms with van der Waals surface area (Å²) < 4.78 is 5.47. The fraction of sp³-hybridized carbons (Fsp3) is 0.571. The van der Waals surface area contributed by atoms with Crippen LogP contribution < -0.4 is 10.1 Å². The Morgan fingerprint density at radius 3 is 2.84 bits per heavy atom. The normalized spacial score (nSPS) is 11.5. The molecule has 0 saturated heterocycles. The van der Waals surface area contributed by atoms with E-state index in [-0.39, 0.29) is 0 Å². The maximum absolute atomic E-state index is 5.57. The zero-order valence-electron chi connectivity index (χ0n) is 11.9. The largest absolute Gasteiger partial charge is 0.443 e. The standard InChI is InChI=1S/C14H22ClN3O/c1-4-5-6-7-8-16-14-17-11(2)9-13(18-14)19-12(3)10-15/h9-10H,4-8H2,1-3H3,(H,16,17,18). The van der Waals surface area contributed by atoms with Crippen LogP contribution >= 0.6 is 11.6 Å². The second-order valence-corrected chi connectivity index (χ2v) is 4.70. The van der Waals surface area contributed by atoms with Crippen molar-refractivity contribution in [2.75, 3.05) is 11.9 Å². The van der Waals surface area contributed by atoms with Gasteiger partial charge >= 0.3 is 0 Å². The number of rotatable bonds is 8. The maximum Gasteiger partial charge on any atom is 0.226 e. The molecule has 1 N–H and O–H groups in total. The SMILES string of the molecule is CCCCCCNc1nc(C)cc(OC(C)=CCl)n1. The third-order valence-electron chi connectivity index (χ3n) is 2.56. The van der Waals surface area contributed by atoms with Gasteiger partial charge in [-0.2, -0.15) is 4.98 Å². The van der Waals surface area contributed by atoms with Crippen molar-refractivity contribution in [3.8, 4) is 5.88 Å². The van der Waals surface area contributed by atoms with Crippen LogP contribution in [0.4, 0.5) is 5.95 Å². The van der Waals surface area contributed by atoms with E-state index in [1.165, 1.54) is 24.8 Å². The van der Waals surface area contributed by atoms with Gasteiger partial charge in [0.15, 0.2) is 0 Å². The number of anilines is 1. The van der Waals surface area contributed by atoms with Crippen LogP contribution in [0.5, 0.6) is 5.88 Å². The summed E-state index contributed by atoms with van der Waals surface area (Å²) in [5.41, 5.74) is 2.25. The number of halogens is 1. The average molecular weight is 284 g/mol. The van der Waals surface area contributed by atoms with Gasteiger partial charge in [-0.3, -0.25) is 0 Å². The first-order valence-electron chi connectivity index (χ1n) is 6.70. The predicted octanol–water partition coefficient (Wildman–Crippen LogP) is 4.26. The van der Waals surface area contributed by atoms with Crippen LogP contribution in [-0.2, 0) is 0 Å². The summed E-state index contributed by atoms with van der Waals surface area (Å²) in [5.74, 6) is 1.72. The Labute approximate surface area is 120 Å². The lowest BCUT2D eigenvalue weighted by Crippen LogP contribution is -2.07. The van der Waals surface area contributed by atoms with E-state index < -0.39 is 0 Å². The zero-order valence-corrected chi connectivity index (χ0v) is 12.6. The number of aromatic nitrogens is 2. The Morgan fingerprint density at radius 1 is 1.37 bits per heavy atom. The second-order valence-electron chi connectivity index (χ2n) is 4.48. The average Bonchev–Trinajstić information content (AvgIpc) is 2.37. The molecule has 0 spiro atoms. The van der Waals surface area contributed by atoms with Gasteiger partial charge in [0, 0.05) is 23.8 Å². The van der Waals surface area contributed by atoms with Gasteiger partial charge in [0.1, 0.15) is 5.76 Å². The molecule has 0 radical (unpaired) electrons. The molecule has 0 bridgehead atoms. The van der Waals surface area contributed by atoms with Crippen molar-refractivity contribution >= 4 is 17.5 Å². The minimum Gasteiger partial charge on any atom is -0.443 e. The molecule has 106 valence electrons. The van der Waals surface area contributed by atoms with Gasteiger partial charge in [-0.1, -0.05) is 37.8 Å². The Kier molecular flexibility index (Phi) is 7.26. The highest BCUT2D eigenvalue weighted by atomic mass is 35.5. The first kappa shape index (κ1) is 15.8. The molecule has 0 unspecified atom stereocenters. The molecule has 0 atom stereocenters. The summed E-state index contributed by atoms with van der Waals surface area (Å²) in [4.78, 5) is 8.63. The van der Waals surface area contributed by atoms with E-state index >= 15 is 0 Å². The van der Waals surface area contributed by atoms with Gasteiger partial charge in [-0.25, -0.2) is 4.98 Å². The Morgan fingerprint density at radius 2 is 2.16 bits per heavy atom. The molecule has 1 aromatic rings. The third kappa shape index (κ3) is 6.43. The maximum atomic E-state index is 5.57. The number of allylic oxidation sites excluding steroid dienone is 1. The van der Waals surface area contributed by atoms with Gasteiger partial charge in [0.25, 0.3) is 0 Å². The van der Waals surface area contributed by atoms with E-state index in [1.807, 2.05) is 6.92 Å². The molecule has 0 aliphatic heterocycles. The van der Waals surface area contributed by atoms with E-state index in [4.69, 9.17) is 16.3 Å². The van der Waals surface area contributed by atoms with Crippen LogP contribution in [0, 0.1) is 6.92 Å². The topological polar surface area (TPSA) is 47.0 Å². The first-order valence-corrected chi connectivity index (χ1v) is 7.13. The molecule has 1 rings (SSSR count). The van der Waals surface area contributed by atoms with Gasteiger partial charge in [-0.15, -0.1) is 0 Å². The summed E-state index contributed by atoms with van der Waals surface area (Å²) in [6, 6.07) is 1.78. The van der Waals surface area contributed by atoms with Crippen molar-refractivity contribution < 1.29 is 4.74 Å². The number of aryl methyl sites for hydroxylation is 1. The molecular formula is C14H22ClN3O. The zero-order chi connectivity index (χ0) is 14.1. The number of hydrogen-bond acceptors (Lipinski definition) is 4. The van der Waals surface area contributed by atoms with Crippen molar-refractivity contribution in [1.82, 2.24) is 9.97 Å². The van der Waals surface area contributed by atoms with Gasteiger partial charge in [0.05, 0.1) is 0 Å². The lowest BCUT2D eigenvalue weighted by Gasteiger charge is -2.09. The molecule has 0 aliphatic rings. The summed E-state index contributed by atoms with van der Waals surface area (Å²) in [6.45, 7) is 6.78. The molecule has 1 heterocycles. The van der Waals surface area contributed by atoms with Crippen LogP contribution in [-0.4, -0.2) is 16.5 Å². The van der Waals surface area contributed by atoms with Crippen LogP contribution in [0.25, 0.3) is 0 Å². The number of nitrogens with zero attached hydrogens (tertiary/aromatic N) is 2. The van der Waals surface area contributed by atoms with Crippen molar-refractivity contribution in [2.24, 2.45) is 0 Å². The van der Waals surface area contributed by atoms with Crippen LogP contribution in [0.1, 0.15) is 45.2 Å². The monoisotopic (exact) mass is 283 g/mol. The smallest absolute Gasteiger partial charge is 0.226 e. The first-order chi connectivity index (χ1) is 9.15. The summed E-state index contributed by atoms with van der Waals surface area (Å²) in [6.07, 6.45) is 4.86. The summed E-state index contributed by atoms with van der Waals surface area (Å²) in [7, 11) is 0. The van der Waals surface area contributed by atoms with Crippen molar-refractivity contribution in [2.45, 2.75) is 46.5 Å². The Hall–Kier alpha value is -1.29. The summed E-state index contributed by atoms with van der Waals surface area (Å²) >= 11 is 5.57. The molecule has 19 heavy (non-hydrogen) atoms. The predicted molar refractivity (Wildman–Crippen MR) is 79.6 cm³/mol. The molecule has 5 heteroatoms. The second kappa shape index (κ2) is 8.75. The van der Waals surface area contributed by atoms with Crippen molar-refractivity contribution in [1.29, 1.82) is 0 Å². The number of hydrogen-bond donors (Lipinski definition) is 1. The van der Waals surface area contributed by atoms with Crippen molar-refractivity contribution in [3.05, 3.63) is 23.1 Å². The van der Waals surface area contributed by atoms with Gasteiger partial charge in [0.2, 0.25) is 11.8 Å². The fourth-order valence-corrected chi connectivity index (χ4v) is 1.65. The molecule has 0 saturated carbocycles. The molecule has 0 amide bonds. The molecule has 0 aromatic carbocycles. The van der Waals surface area contributed by atoms with Crippen LogP contribution in [0.15, 0.2) is 17.4 Å². The molecule has 4 nitrogen and oxygen atoms in total. The van der Waals surface area contributed by atoms with Crippen LogP contribution in [0.3, 0.4) is 0 Å². The van der Waals surface area contributed by atoms with E-state index in [9.17, 15) is 0 Å².